The van der Waals surface area contributed by atoms with Crippen molar-refractivity contribution in [2.75, 3.05) is 0 Å². The lowest BCUT2D eigenvalue weighted by Crippen LogP contribution is -2.27. The molecule has 0 aromatic carbocycles. The van der Waals surface area contributed by atoms with Gasteiger partial charge in [0.1, 0.15) is 0 Å². The Bertz CT molecular complexity index is 139. The van der Waals surface area contributed by atoms with Crippen molar-refractivity contribution < 1.29 is 4.43 Å². The van der Waals surface area contributed by atoms with E-state index in [-0.39, 0.29) is 0 Å². The highest BCUT2D eigenvalue weighted by molar-refractivity contribution is 6.69. The molecule has 1 fully saturated rings. The lowest BCUT2D eigenvalue weighted by atomic mass is 10.2. The lowest BCUT2D eigenvalue weighted by Gasteiger charge is -2.17. The molecule has 0 aromatic heterocycles. The Labute approximate surface area is 77.6 Å². The fraction of sp³-hybridized carbons (Fsp3) is 1.00. The van der Waals surface area contributed by atoms with Gasteiger partial charge in [-0.05, 0) is 38.4 Å². The van der Waals surface area contributed by atoms with Crippen LogP contribution in [0.3, 0.4) is 0 Å². The zero-order valence-electron chi connectivity index (χ0n) is 8.89. The molecule has 1 aliphatic carbocycles. The van der Waals surface area contributed by atoms with Gasteiger partial charge in [-0.3, -0.25) is 0 Å². The predicted octanol–water partition coefficient (Wildman–Crippen LogP) is 3.42. The van der Waals surface area contributed by atoms with Crippen molar-refractivity contribution in [2.24, 2.45) is 5.92 Å². The standard InChI is InChI=1S/C10H22OSi/c1-5-6-7-9-8-10(9)11-12(2,3)4/h9-10H,5-8H2,1-4H3. The van der Waals surface area contributed by atoms with E-state index in [1.807, 2.05) is 0 Å². The van der Waals surface area contributed by atoms with Crippen molar-refractivity contribution in [1.29, 1.82) is 0 Å². The summed E-state index contributed by atoms with van der Waals surface area (Å²) < 4.78 is 6.00. The summed E-state index contributed by atoms with van der Waals surface area (Å²) in [4.78, 5) is 0. The minimum Gasteiger partial charge on any atom is -0.414 e. The molecule has 1 aliphatic rings. The summed E-state index contributed by atoms with van der Waals surface area (Å²) in [7, 11) is -1.24. The largest absolute Gasteiger partial charge is 0.414 e. The topological polar surface area (TPSA) is 9.23 Å². The van der Waals surface area contributed by atoms with Gasteiger partial charge in [-0.15, -0.1) is 0 Å². The zero-order chi connectivity index (χ0) is 9.19. The van der Waals surface area contributed by atoms with Crippen LogP contribution in [0.2, 0.25) is 19.6 Å². The normalized spacial score (nSPS) is 29.0. The Balaban J connectivity index is 2.08. The van der Waals surface area contributed by atoms with Crippen LogP contribution >= 0.6 is 0 Å². The Morgan fingerprint density at radius 3 is 2.50 bits per heavy atom. The average molecular weight is 186 g/mol. The average Bonchev–Trinajstić information content (AvgIpc) is 2.60. The number of hydrogen-bond donors (Lipinski definition) is 0. The fourth-order valence-electron chi connectivity index (χ4n) is 1.59. The van der Waals surface area contributed by atoms with Crippen molar-refractivity contribution in [3.63, 3.8) is 0 Å². The highest BCUT2D eigenvalue weighted by Crippen LogP contribution is 2.39. The molecule has 0 spiro atoms. The van der Waals surface area contributed by atoms with Gasteiger partial charge in [0.25, 0.3) is 0 Å². The van der Waals surface area contributed by atoms with Gasteiger partial charge in [0, 0.05) is 6.10 Å². The molecule has 1 rings (SSSR count). The van der Waals surface area contributed by atoms with Gasteiger partial charge in [0.2, 0.25) is 0 Å². The van der Waals surface area contributed by atoms with Crippen molar-refractivity contribution in [2.45, 2.75) is 58.4 Å². The first-order valence-electron chi connectivity index (χ1n) is 5.21. The molecular formula is C10H22OSi. The van der Waals surface area contributed by atoms with E-state index in [1.54, 1.807) is 0 Å². The van der Waals surface area contributed by atoms with Crippen molar-refractivity contribution in [3.05, 3.63) is 0 Å². The second-order valence-corrected chi connectivity index (χ2v) is 9.37. The first-order valence-corrected chi connectivity index (χ1v) is 8.61. The first-order chi connectivity index (χ1) is 5.53. The summed E-state index contributed by atoms with van der Waals surface area (Å²) in [5, 5.41) is 0. The summed E-state index contributed by atoms with van der Waals surface area (Å²) in [6, 6.07) is 0. The van der Waals surface area contributed by atoms with Crippen LogP contribution in [0.4, 0.5) is 0 Å². The molecule has 2 atom stereocenters. The summed E-state index contributed by atoms with van der Waals surface area (Å²) in [6.07, 6.45) is 6.09. The maximum Gasteiger partial charge on any atom is 0.184 e. The molecule has 0 radical (unpaired) electrons. The third-order valence-electron chi connectivity index (χ3n) is 2.29. The third kappa shape index (κ3) is 3.72. The Kier molecular flexibility index (Phi) is 3.35. The molecule has 2 heteroatoms. The lowest BCUT2D eigenvalue weighted by molar-refractivity contribution is 0.273. The van der Waals surface area contributed by atoms with Gasteiger partial charge in [-0.25, -0.2) is 0 Å². The second kappa shape index (κ2) is 3.92. The van der Waals surface area contributed by atoms with E-state index in [2.05, 4.69) is 26.6 Å². The van der Waals surface area contributed by atoms with Crippen molar-refractivity contribution >= 4 is 8.32 Å². The van der Waals surface area contributed by atoms with Crippen LogP contribution in [0.5, 0.6) is 0 Å². The van der Waals surface area contributed by atoms with E-state index in [4.69, 9.17) is 4.43 Å². The predicted molar refractivity (Wildman–Crippen MR) is 55.9 cm³/mol. The van der Waals surface area contributed by atoms with E-state index >= 15 is 0 Å². The first kappa shape index (κ1) is 10.3. The van der Waals surface area contributed by atoms with Crippen LogP contribution in [-0.2, 0) is 4.43 Å². The van der Waals surface area contributed by atoms with Crippen LogP contribution in [0.25, 0.3) is 0 Å². The van der Waals surface area contributed by atoms with E-state index in [0.29, 0.717) is 6.10 Å². The maximum atomic E-state index is 6.00. The van der Waals surface area contributed by atoms with E-state index in [0.717, 1.165) is 5.92 Å². The summed E-state index contributed by atoms with van der Waals surface area (Å²) >= 11 is 0. The molecular weight excluding hydrogens is 164 g/mol. The van der Waals surface area contributed by atoms with Crippen LogP contribution in [0, 0.1) is 5.92 Å². The Hall–Kier alpha value is 0.177. The van der Waals surface area contributed by atoms with Gasteiger partial charge < -0.3 is 4.43 Å². The molecule has 0 aliphatic heterocycles. The number of hydrogen-bond acceptors (Lipinski definition) is 1. The summed E-state index contributed by atoms with van der Waals surface area (Å²) in [5.74, 6) is 0.914. The van der Waals surface area contributed by atoms with Crippen molar-refractivity contribution in [3.8, 4) is 0 Å². The minimum absolute atomic E-state index is 0.642. The second-order valence-electron chi connectivity index (χ2n) is 4.91. The van der Waals surface area contributed by atoms with Crippen LogP contribution in [0.1, 0.15) is 32.6 Å². The Morgan fingerprint density at radius 2 is 2.00 bits per heavy atom. The minimum atomic E-state index is -1.24. The Morgan fingerprint density at radius 1 is 1.33 bits per heavy atom. The number of rotatable bonds is 5. The molecule has 72 valence electrons. The highest BCUT2D eigenvalue weighted by Gasteiger charge is 2.39. The van der Waals surface area contributed by atoms with E-state index in [9.17, 15) is 0 Å². The zero-order valence-corrected chi connectivity index (χ0v) is 9.89. The van der Waals surface area contributed by atoms with Gasteiger partial charge >= 0.3 is 0 Å². The molecule has 0 aromatic rings. The highest BCUT2D eigenvalue weighted by atomic mass is 28.4. The quantitative estimate of drug-likeness (QED) is 0.598. The van der Waals surface area contributed by atoms with Gasteiger partial charge in [-0.2, -0.15) is 0 Å². The van der Waals surface area contributed by atoms with Crippen LogP contribution in [-0.4, -0.2) is 14.4 Å². The smallest absolute Gasteiger partial charge is 0.184 e. The molecule has 12 heavy (non-hydrogen) atoms. The maximum absolute atomic E-state index is 6.00. The molecule has 2 unspecified atom stereocenters. The van der Waals surface area contributed by atoms with Crippen molar-refractivity contribution in [1.82, 2.24) is 0 Å². The summed E-state index contributed by atoms with van der Waals surface area (Å²) in [6.45, 7) is 9.10. The van der Waals surface area contributed by atoms with Gasteiger partial charge in [0.15, 0.2) is 8.32 Å². The number of unbranched alkanes of at least 4 members (excludes halogenated alkanes) is 1. The molecule has 1 saturated carbocycles. The fourth-order valence-corrected chi connectivity index (χ4v) is 2.79. The monoisotopic (exact) mass is 186 g/mol. The van der Waals surface area contributed by atoms with E-state index in [1.165, 1.54) is 25.7 Å². The molecule has 0 saturated heterocycles. The molecule has 0 N–H and O–H groups in total. The van der Waals surface area contributed by atoms with Gasteiger partial charge in [0.05, 0.1) is 0 Å². The van der Waals surface area contributed by atoms with Gasteiger partial charge in [-0.1, -0.05) is 19.8 Å². The molecule has 0 heterocycles. The molecule has 0 amide bonds. The van der Waals surface area contributed by atoms with Crippen LogP contribution in [0.15, 0.2) is 0 Å². The SMILES string of the molecule is CCCCC1CC1O[Si](C)(C)C. The van der Waals surface area contributed by atoms with Crippen LogP contribution < -0.4 is 0 Å². The van der Waals surface area contributed by atoms with E-state index < -0.39 is 8.32 Å². The summed E-state index contributed by atoms with van der Waals surface area (Å²) in [5.41, 5.74) is 0. The molecule has 0 bridgehead atoms. The third-order valence-corrected chi connectivity index (χ3v) is 3.30. The molecule has 1 nitrogen and oxygen atoms in total.